The molecular formula is C14H25N3O2. The van der Waals surface area contributed by atoms with Crippen molar-refractivity contribution in [3.8, 4) is 0 Å². The van der Waals surface area contributed by atoms with E-state index in [-0.39, 0.29) is 17.7 Å². The van der Waals surface area contributed by atoms with Gasteiger partial charge in [-0.1, -0.05) is 6.92 Å². The summed E-state index contributed by atoms with van der Waals surface area (Å²) in [5, 5.41) is 0. The highest BCUT2D eigenvalue weighted by Gasteiger charge is 2.27. The summed E-state index contributed by atoms with van der Waals surface area (Å²) in [6.45, 7) is 6.23. The quantitative estimate of drug-likeness (QED) is 0.807. The zero-order chi connectivity index (χ0) is 13.8. The second-order valence-electron chi connectivity index (χ2n) is 6.02. The van der Waals surface area contributed by atoms with Crippen molar-refractivity contribution in [2.75, 3.05) is 32.7 Å². The Bertz CT molecular complexity index is 330. The van der Waals surface area contributed by atoms with Crippen LogP contribution in [0.2, 0.25) is 0 Å². The average molecular weight is 267 g/mol. The van der Waals surface area contributed by atoms with E-state index in [0.717, 1.165) is 31.8 Å². The van der Waals surface area contributed by atoms with Crippen LogP contribution in [0.3, 0.4) is 0 Å². The molecule has 0 aliphatic carbocycles. The van der Waals surface area contributed by atoms with Crippen LogP contribution in [0.4, 0.5) is 0 Å². The lowest BCUT2D eigenvalue weighted by Crippen LogP contribution is -2.47. The molecule has 108 valence electrons. The smallest absolute Gasteiger partial charge is 0.236 e. The maximum absolute atomic E-state index is 12.2. The minimum atomic E-state index is -0.225. The van der Waals surface area contributed by atoms with Crippen molar-refractivity contribution in [1.29, 1.82) is 0 Å². The summed E-state index contributed by atoms with van der Waals surface area (Å²) >= 11 is 0. The highest BCUT2D eigenvalue weighted by molar-refractivity contribution is 5.80. The number of carbonyl (C=O) groups excluding carboxylic acids is 2. The summed E-state index contributed by atoms with van der Waals surface area (Å²) in [5.74, 6) is 0.729. The molecule has 2 fully saturated rings. The fourth-order valence-electron chi connectivity index (χ4n) is 2.92. The zero-order valence-corrected chi connectivity index (χ0v) is 11.8. The SMILES string of the molecule is CC1CCN(CC(=O)N2CCC(C(N)=O)CC2)CC1. The number of likely N-dealkylation sites (tertiary alicyclic amines) is 2. The summed E-state index contributed by atoms with van der Waals surface area (Å²) in [6.07, 6.45) is 3.82. The van der Waals surface area contributed by atoms with Crippen molar-refractivity contribution >= 4 is 11.8 Å². The van der Waals surface area contributed by atoms with Crippen LogP contribution in [0.15, 0.2) is 0 Å². The first-order valence-electron chi connectivity index (χ1n) is 7.35. The van der Waals surface area contributed by atoms with Gasteiger partial charge < -0.3 is 10.6 Å². The van der Waals surface area contributed by atoms with Gasteiger partial charge in [0, 0.05) is 19.0 Å². The Kier molecular flexibility index (Phi) is 4.80. The highest BCUT2D eigenvalue weighted by atomic mass is 16.2. The fourth-order valence-corrected chi connectivity index (χ4v) is 2.92. The topological polar surface area (TPSA) is 66.6 Å². The van der Waals surface area contributed by atoms with Crippen LogP contribution in [0.5, 0.6) is 0 Å². The summed E-state index contributed by atoms with van der Waals surface area (Å²) in [5.41, 5.74) is 5.30. The Morgan fingerprint density at radius 1 is 1.05 bits per heavy atom. The largest absolute Gasteiger partial charge is 0.369 e. The highest BCUT2D eigenvalue weighted by Crippen LogP contribution is 2.18. The lowest BCUT2D eigenvalue weighted by atomic mass is 9.96. The van der Waals surface area contributed by atoms with Gasteiger partial charge in [0.1, 0.15) is 0 Å². The molecule has 0 unspecified atom stereocenters. The zero-order valence-electron chi connectivity index (χ0n) is 11.8. The summed E-state index contributed by atoms with van der Waals surface area (Å²) in [6, 6.07) is 0. The Hall–Kier alpha value is -1.10. The normalized spacial score (nSPS) is 23.5. The molecule has 0 spiro atoms. The van der Waals surface area contributed by atoms with E-state index in [4.69, 9.17) is 5.73 Å². The Morgan fingerprint density at radius 3 is 2.16 bits per heavy atom. The number of hydrogen-bond acceptors (Lipinski definition) is 3. The number of piperidine rings is 2. The van der Waals surface area contributed by atoms with Crippen LogP contribution in [0.1, 0.15) is 32.6 Å². The van der Waals surface area contributed by atoms with Crippen LogP contribution in [0, 0.1) is 11.8 Å². The predicted octanol–water partition coefficient (Wildman–Crippen LogP) is 0.442. The molecular weight excluding hydrogens is 242 g/mol. The third-order valence-electron chi connectivity index (χ3n) is 4.49. The van der Waals surface area contributed by atoms with Gasteiger partial charge in [-0.3, -0.25) is 14.5 Å². The molecule has 2 saturated heterocycles. The molecule has 0 radical (unpaired) electrons. The molecule has 2 N–H and O–H groups in total. The van der Waals surface area contributed by atoms with E-state index in [1.54, 1.807) is 0 Å². The molecule has 0 atom stereocenters. The minimum Gasteiger partial charge on any atom is -0.369 e. The van der Waals surface area contributed by atoms with Gasteiger partial charge in [-0.15, -0.1) is 0 Å². The molecule has 0 aromatic heterocycles. The van der Waals surface area contributed by atoms with Crippen LogP contribution >= 0.6 is 0 Å². The maximum atomic E-state index is 12.2. The van der Waals surface area contributed by atoms with Gasteiger partial charge in [-0.05, 0) is 44.7 Å². The van der Waals surface area contributed by atoms with Gasteiger partial charge in [0.2, 0.25) is 11.8 Å². The fraction of sp³-hybridized carbons (Fsp3) is 0.857. The first kappa shape index (κ1) is 14.3. The van der Waals surface area contributed by atoms with Crippen LogP contribution in [0.25, 0.3) is 0 Å². The molecule has 0 aromatic rings. The Morgan fingerprint density at radius 2 is 1.63 bits per heavy atom. The molecule has 5 nitrogen and oxygen atoms in total. The van der Waals surface area contributed by atoms with Crippen molar-refractivity contribution in [2.24, 2.45) is 17.6 Å². The summed E-state index contributed by atoms with van der Waals surface area (Å²) in [4.78, 5) is 27.4. The minimum absolute atomic E-state index is 0.0418. The monoisotopic (exact) mass is 267 g/mol. The molecule has 0 bridgehead atoms. The standard InChI is InChI=1S/C14H25N3O2/c1-11-2-6-16(7-3-11)10-13(18)17-8-4-12(5-9-17)14(15)19/h11-12H,2-10H2,1H3,(H2,15,19). The number of primary amides is 1. The van der Waals surface area contributed by atoms with Gasteiger partial charge in [0.15, 0.2) is 0 Å². The number of amides is 2. The summed E-state index contributed by atoms with van der Waals surface area (Å²) in [7, 11) is 0. The molecule has 2 amide bonds. The van der Waals surface area contributed by atoms with E-state index >= 15 is 0 Å². The lowest BCUT2D eigenvalue weighted by molar-refractivity contribution is -0.136. The van der Waals surface area contributed by atoms with Gasteiger partial charge >= 0.3 is 0 Å². The molecule has 2 heterocycles. The van der Waals surface area contributed by atoms with E-state index in [1.165, 1.54) is 12.8 Å². The summed E-state index contributed by atoms with van der Waals surface area (Å²) < 4.78 is 0. The number of nitrogens with zero attached hydrogens (tertiary/aromatic N) is 2. The van der Waals surface area contributed by atoms with Gasteiger partial charge in [-0.25, -0.2) is 0 Å². The number of carbonyl (C=O) groups is 2. The number of rotatable bonds is 3. The first-order valence-corrected chi connectivity index (χ1v) is 7.35. The predicted molar refractivity (Wildman–Crippen MR) is 73.3 cm³/mol. The third kappa shape index (κ3) is 3.93. The van der Waals surface area contributed by atoms with Gasteiger partial charge in [-0.2, -0.15) is 0 Å². The molecule has 2 aliphatic heterocycles. The number of nitrogens with two attached hydrogens (primary N) is 1. The molecule has 2 rings (SSSR count). The molecule has 0 aromatic carbocycles. The van der Waals surface area contributed by atoms with E-state index < -0.39 is 0 Å². The van der Waals surface area contributed by atoms with Crippen molar-refractivity contribution in [1.82, 2.24) is 9.80 Å². The van der Waals surface area contributed by atoms with E-state index in [2.05, 4.69) is 11.8 Å². The third-order valence-corrected chi connectivity index (χ3v) is 4.49. The van der Waals surface area contributed by atoms with Crippen molar-refractivity contribution in [2.45, 2.75) is 32.6 Å². The average Bonchev–Trinajstić information content (AvgIpc) is 2.41. The van der Waals surface area contributed by atoms with Gasteiger partial charge in [0.25, 0.3) is 0 Å². The first-order chi connectivity index (χ1) is 9.06. The molecule has 5 heteroatoms. The van der Waals surface area contributed by atoms with Crippen molar-refractivity contribution in [3.05, 3.63) is 0 Å². The maximum Gasteiger partial charge on any atom is 0.236 e. The van der Waals surface area contributed by atoms with E-state index in [0.29, 0.717) is 19.6 Å². The number of hydrogen-bond donors (Lipinski definition) is 1. The van der Waals surface area contributed by atoms with Crippen LogP contribution in [-0.2, 0) is 9.59 Å². The Balaban J connectivity index is 1.74. The second-order valence-corrected chi connectivity index (χ2v) is 6.02. The van der Waals surface area contributed by atoms with Gasteiger partial charge in [0.05, 0.1) is 6.54 Å². The van der Waals surface area contributed by atoms with Crippen LogP contribution in [-0.4, -0.2) is 54.3 Å². The molecule has 19 heavy (non-hydrogen) atoms. The Labute approximate surface area is 115 Å². The molecule has 2 aliphatic rings. The molecule has 0 saturated carbocycles. The van der Waals surface area contributed by atoms with Crippen molar-refractivity contribution in [3.63, 3.8) is 0 Å². The van der Waals surface area contributed by atoms with Crippen molar-refractivity contribution < 1.29 is 9.59 Å². The van der Waals surface area contributed by atoms with E-state index in [9.17, 15) is 9.59 Å². The van der Waals surface area contributed by atoms with E-state index in [1.807, 2.05) is 4.90 Å². The lowest BCUT2D eigenvalue weighted by Gasteiger charge is -2.34. The van der Waals surface area contributed by atoms with Crippen LogP contribution < -0.4 is 5.73 Å². The second kappa shape index (κ2) is 6.37.